The van der Waals surface area contributed by atoms with Crippen LogP contribution in [0.15, 0.2) is 47.4 Å². The molecule has 1 N–H and O–H groups in total. The van der Waals surface area contributed by atoms with Gasteiger partial charge in [0.05, 0.1) is 4.90 Å². The Morgan fingerprint density at radius 2 is 1.65 bits per heavy atom. The standard InChI is InChI=1S/C15H14Cl2FNO2S2/c16-14-2-1-3-15(17)13(14)10-22-9-8-19-23(20,21)12-6-4-11(18)5-7-12/h1-7,19H,8-10H2. The molecule has 2 rings (SSSR count). The van der Waals surface area contributed by atoms with E-state index in [1.807, 2.05) is 0 Å². The molecule has 0 aliphatic rings. The zero-order chi connectivity index (χ0) is 16.9. The lowest BCUT2D eigenvalue weighted by Crippen LogP contribution is -2.26. The van der Waals surface area contributed by atoms with Gasteiger partial charge in [-0.1, -0.05) is 29.3 Å². The van der Waals surface area contributed by atoms with E-state index >= 15 is 0 Å². The number of nitrogens with one attached hydrogen (secondary N) is 1. The maximum atomic E-state index is 12.8. The highest BCUT2D eigenvalue weighted by Gasteiger charge is 2.13. The van der Waals surface area contributed by atoms with E-state index in [0.29, 0.717) is 21.6 Å². The van der Waals surface area contributed by atoms with Crippen LogP contribution in [0.3, 0.4) is 0 Å². The molecule has 0 saturated carbocycles. The fraction of sp³-hybridized carbons (Fsp3) is 0.200. The molecule has 0 saturated heterocycles. The summed E-state index contributed by atoms with van der Waals surface area (Å²) in [6, 6.07) is 9.99. The average molecular weight is 394 g/mol. The minimum Gasteiger partial charge on any atom is -0.210 e. The molecule has 0 aliphatic carbocycles. The van der Waals surface area contributed by atoms with Crippen molar-refractivity contribution in [3.05, 3.63) is 63.9 Å². The number of hydrogen-bond donors (Lipinski definition) is 1. The molecule has 3 nitrogen and oxygen atoms in total. The van der Waals surface area contributed by atoms with Crippen LogP contribution in [0, 0.1) is 5.82 Å². The summed E-state index contributed by atoms with van der Waals surface area (Å²) < 4.78 is 39.3. The number of thioether (sulfide) groups is 1. The number of benzene rings is 2. The van der Waals surface area contributed by atoms with Gasteiger partial charge in [0.15, 0.2) is 0 Å². The minimum atomic E-state index is -3.62. The van der Waals surface area contributed by atoms with Crippen molar-refractivity contribution in [1.29, 1.82) is 0 Å². The molecular weight excluding hydrogens is 380 g/mol. The topological polar surface area (TPSA) is 46.2 Å². The molecule has 0 amide bonds. The predicted octanol–water partition coefficient (Wildman–Crippen LogP) is 4.34. The van der Waals surface area contributed by atoms with E-state index in [4.69, 9.17) is 23.2 Å². The largest absolute Gasteiger partial charge is 0.240 e. The van der Waals surface area contributed by atoms with E-state index in [-0.39, 0.29) is 11.4 Å². The summed E-state index contributed by atoms with van der Waals surface area (Å²) in [5.74, 6) is 0.676. The normalized spacial score (nSPS) is 11.6. The van der Waals surface area contributed by atoms with Crippen molar-refractivity contribution in [2.24, 2.45) is 0 Å². The van der Waals surface area contributed by atoms with Gasteiger partial charge in [-0.05, 0) is 42.0 Å². The zero-order valence-electron chi connectivity index (χ0n) is 11.9. The first kappa shape index (κ1) is 18.5. The molecule has 2 aromatic rings. The Hall–Kier alpha value is -0.790. The molecule has 0 unspecified atom stereocenters. The number of halogens is 3. The highest BCUT2D eigenvalue weighted by Crippen LogP contribution is 2.28. The maximum absolute atomic E-state index is 12.8. The quantitative estimate of drug-likeness (QED) is 0.711. The van der Waals surface area contributed by atoms with Gasteiger partial charge in [-0.3, -0.25) is 0 Å². The van der Waals surface area contributed by atoms with Gasteiger partial charge in [-0.2, -0.15) is 11.8 Å². The number of rotatable bonds is 7. The van der Waals surface area contributed by atoms with E-state index in [0.717, 1.165) is 17.7 Å². The summed E-state index contributed by atoms with van der Waals surface area (Å²) in [4.78, 5) is 0.0399. The van der Waals surface area contributed by atoms with Crippen LogP contribution in [0.25, 0.3) is 0 Å². The minimum absolute atomic E-state index is 0.0399. The Kier molecular flexibility index (Phi) is 6.73. The molecule has 0 bridgehead atoms. The van der Waals surface area contributed by atoms with Crippen molar-refractivity contribution in [3.63, 3.8) is 0 Å². The summed E-state index contributed by atoms with van der Waals surface area (Å²) in [6.45, 7) is 0.256. The molecule has 124 valence electrons. The second kappa shape index (κ2) is 8.35. The summed E-state index contributed by atoms with van der Waals surface area (Å²) in [6.07, 6.45) is 0. The molecule has 0 radical (unpaired) electrons. The van der Waals surface area contributed by atoms with Crippen molar-refractivity contribution in [3.8, 4) is 0 Å². The lowest BCUT2D eigenvalue weighted by atomic mass is 10.2. The molecule has 0 spiro atoms. The van der Waals surface area contributed by atoms with Crippen LogP contribution < -0.4 is 4.72 Å². The molecule has 0 heterocycles. The van der Waals surface area contributed by atoms with Gasteiger partial charge in [0, 0.05) is 28.1 Å². The predicted molar refractivity (Wildman–Crippen MR) is 94.2 cm³/mol. The van der Waals surface area contributed by atoms with E-state index in [9.17, 15) is 12.8 Å². The van der Waals surface area contributed by atoms with E-state index in [2.05, 4.69) is 4.72 Å². The Balaban J connectivity index is 1.82. The van der Waals surface area contributed by atoms with Gasteiger partial charge < -0.3 is 0 Å². The van der Waals surface area contributed by atoms with Gasteiger partial charge >= 0.3 is 0 Å². The van der Waals surface area contributed by atoms with Crippen molar-refractivity contribution < 1.29 is 12.8 Å². The van der Waals surface area contributed by atoms with Crippen LogP contribution >= 0.6 is 35.0 Å². The van der Waals surface area contributed by atoms with Gasteiger partial charge in [0.25, 0.3) is 0 Å². The Morgan fingerprint density at radius 1 is 1.04 bits per heavy atom. The molecular formula is C15H14Cl2FNO2S2. The monoisotopic (exact) mass is 393 g/mol. The van der Waals surface area contributed by atoms with Crippen molar-refractivity contribution in [2.75, 3.05) is 12.3 Å². The van der Waals surface area contributed by atoms with Crippen LogP contribution in [0.5, 0.6) is 0 Å². The van der Waals surface area contributed by atoms with E-state index in [1.54, 1.807) is 18.2 Å². The summed E-state index contributed by atoms with van der Waals surface area (Å²) >= 11 is 13.7. The lowest BCUT2D eigenvalue weighted by molar-refractivity contribution is 0.583. The van der Waals surface area contributed by atoms with Crippen LogP contribution in [0.4, 0.5) is 4.39 Å². The third-order valence-corrected chi connectivity index (χ3v) is 6.14. The van der Waals surface area contributed by atoms with Crippen LogP contribution in [-0.4, -0.2) is 20.7 Å². The SMILES string of the molecule is O=S(=O)(NCCSCc1c(Cl)cccc1Cl)c1ccc(F)cc1. The third-order valence-electron chi connectivity index (χ3n) is 2.97. The van der Waals surface area contributed by atoms with E-state index < -0.39 is 15.8 Å². The zero-order valence-corrected chi connectivity index (χ0v) is 15.1. The smallest absolute Gasteiger partial charge is 0.210 e. The molecule has 0 aliphatic heterocycles. The van der Waals surface area contributed by atoms with E-state index in [1.165, 1.54) is 23.9 Å². The first-order valence-electron chi connectivity index (χ1n) is 6.66. The Morgan fingerprint density at radius 3 is 2.26 bits per heavy atom. The average Bonchev–Trinajstić information content (AvgIpc) is 2.50. The van der Waals surface area contributed by atoms with Crippen LogP contribution in [0.2, 0.25) is 10.0 Å². The first-order valence-corrected chi connectivity index (χ1v) is 10.1. The fourth-order valence-corrected chi connectivity index (χ4v) is 4.55. The molecule has 0 fully saturated rings. The number of sulfonamides is 1. The fourth-order valence-electron chi connectivity index (χ4n) is 1.79. The van der Waals surface area contributed by atoms with Gasteiger partial charge in [-0.15, -0.1) is 0 Å². The number of hydrogen-bond acceptors (Lipinski definition) is 3. The Bertz CT molecular complexity index is 747. The summed E-state index contributed by atoms with van der Waals surface area (Å²) in [5.41, 5.74) is 0.835. The van der Waals surface area contributed by atoms with Crippen LogP contribution in [-0.2, 0) is 15.8 Å². The molecule has 8 heteroatoms. The van der Waals surface area contributed by atoms with Gasteiger partial charge in [0.1, 0.15) is 5.82 Å². The second-order valence-electron chi connectivity index (χ2n) is 4.60. The van der Waals surface area contributed by atoms with Crippen LogP contribution in [0.1, 0.15) is 5.56 Å². The Labute approximate surface area is 149 Å². The lowest BCUT2D eigenvalue weighted by Gasteiger charge is -2.08. The molecule has 2 aromatic carbocycles. The highest BCUT2D eigenvalue weighted by molar-refractivity contribution is 7.98. The highest BCUT2D eigenvalue weighted by atomic mass is 35.5. The van der Waals surface area contributed by atoms with Gasteiger partial charge in [-0.25, -0.2) is 17.5 Å². The molecule has 0 atom stereocenters. The van der Waals surface area contributed by atoms with Crippen molar-refractivity contribution in [1.82, 2.24) is 4.72 Å². The van der Waals surface area contributed by atoms with Crippen molar-refractivity contribution >= 4 is 45.0 Å². The maximum Gasteiger partial charge on any atom is 0.240 e. The van der Waals surface area contributed by atoms with Gasteiger partial charge in [0.2, 0.25) is 10.0 Å². The summed E-state index contributed by atoms with van der Waals surface area (Å²) in [7, 11) is -3.62. The second-order valence-corrected chi connectivity index (χ2v) is 8.29. The molecule has 23 heavy (non-hydrogen) atoms. The third kappa shape index (κ3) is 5.36. The van der Waals surface area contributed by atoms with Crippen molar-refractivity contribution in [2.45, 2.75) is 10.6 Å². The first-order chi connectivity index (χ1) is 10.9. The molecule has 0 aromatic heterocycles. The summed E-state index contributed by atoms with van der Waals surface area (Å²) in [5, 5.41) is 1.19.